The van der Waals surface area contributed by atoms with E-state index in [1.165, 1.54) is 24.6 Å². The van der Waals surface area contributed by atoms with Crippen molar-refractivity contribution >= 4 is 10.0 Å². The van der Waals surface area contributed by atoms with E-state index in [9.17, 15) is 8.42 Å². The first-order valence-electron chi connectivity index (χ1n) is 7.86. The topological polar surface area (TPSA) is 59.1 Å². The van der Waals surface area contributed by atoms with E-state index in [-0.39, 0.29) is 10.9 Å². The van der Waals surface area contributed by atoms with Crippen molar-refractivity contribution in [1.29, 1.82) is 0 Å². The monoisotopic (exact) mass is 342 g/mol. The predicted molar refractivity (Wildman–Crippen MR) is 89.6 cm³/mol. The van der Waals surface area contributed by atoms with Gasteiger partial charge in [-0.3, -0.25) is 0 Å². The number of ether oxygens (including phenoxy) is 2. The van der Waals surface area contributed by atoms with E-state index in [0.29, 0.717) is 11.5 Å². The van der Waals surface area contributed by atoms with Crippen LogP contribution in [0.2, 0.25) is 0 Å². The molecular formula is C16H26N2O4S. The molecule has 0 N–H and O–H groups in total. The van der Waals surface area contributed by atoms with Gasteiger partial charge in [0.05, 0.1) is 19.1 Å². The van der Waals surface area contributed by atoms with Gasteiger partial charge in [-0.2, -0.15) is 4.31 Å². The molecule has 6 nitrogen and oxygen atoms in total. The minimum absolute atomic E-state index is 0.0379. The molecule has 1 heterocycles. The summed E-state index contributed by atoms with van der Waals surface area (Å²) in [6.07, 6.45) is 1.72. The third kappa shape index (κ3) is 3.79. The first-order chi connectivity index (χ1) is 10.9. The number of sulfonamides is 1. The highest BCUT2D eigenvalue weighted by Gasteiger charge is 2.31. The van der Waals surface area contributed by atoms with E-state index in [0.717, 1.165) is 32.5 Å². The van der Waals surface area contributed by atoms with Gasteiger partial charge in [-0.05, 0) is 44.6 Å². The summed E-state index contributed by atoms with van der Waals surface area (Å²) in [6, 6.07) is 4.75. The number of benzene rings is 1. The second-order valence-electron chi connectivity index (χ2n) is 5.70. The van der Waals surface area contributed by atoms with E-state index in [1.807, 2.05) is 0 Å². The zero-order valence-electron chi connectivity index (χ0n) is 14.3. The Balaban J connectivity index is 2.21. The van der Waals surface area contributed by atoms with E-state index in [4.69, 9.17) is 9.47 Å². The molecule has 0 atom stereocenters. The van der Waals surface area contributed by atoms with E-state index >= 15 is 0 Å². The van der Waals surface area contributed by atoms with E-state index in [1.54, 1.807) is 19.2 Å². The van der Waals surface area contributed by atoms with Gasteiger partial charge < -0.3 is 14.4 Å². The highest BCUT2D eigenvalue weighted by Crippen LogP contribution is 2.31. The molecule has 1 aliphatic heterocycles. The Morgan fingerprint density at radius 1 is 1.17 bits per heavy atom. The molecule has 7 heteroatoms. The minimum Gasteiger partial charge on any atom is -0.493 e. The van der Waals surface area contributed by atoms with Crippen molar-refractivity contribution < 1.29 is 17.9 Å². The maximum absolute atomic E-state index is 12.9. The fraction of sp³-hybridized carbons (Fsp3) is 0.625. The van der Waals surface area contributed by atoms with Crippen LogP contribution in [0.25, 0.3) is 0 Å². The molecule has 1 aromatic carbocycles. The van der Waals surface area contributed by atoms with Gasteiger partial charge in [-0.25, -0.2) is 8.42 Å². The Hall–Kier alpha value is -1.31. The van der Waals surface area contributed by atoms with Gasteiger partial charge >= 0.3 is 0 Å². The van der Waals surface area contributed by atoms with Gasteiger partial charge in [-0.15, -0.1) is 0 Å². The van der Waals surface area contributed by atoms with Crippen molar-refractivity contribution in [2.75, 3.05) is 40.9 Å². The van der Waals surface area contributed by atoms with Crippen LogP contribution in [0.3, 0.4) is 0 Å². The molecule has 0 spiro atoms. The quantitative estimate of drug-likeness (QED) is 0.789. The Morgan fingerprint density at radius 3 is 2.30 bits per heavy atom. The standard InChI is InChI=1S/C16H26N2O4S/c1-5-18-10-8-13(9-11-18)17(2)23(19,20)14-6-7-15(21-3)16(12-14)22-4/h6-7,12-13H,5,8-11H2,1-4H3. The summed E-state index contributed by atoms with van der Waals surface area (Å²) >= 11 is 0. The number of rotatable bonds is 6. The van der Waals surface area contributed by atoms with Crippen LogP contribution in [0.5, 0.6) is 11.5 Å². The Kier molecular flexibility index (Phi) is 5.89. The molecule has 0 radical (unpaired) electrons. The van der Waals surface area contributed by atoms with E-state index in [2.05, 4.69) is 11.8 Å². The molecule has 130 valence electrons. The summed E-state index contributed by atoms with van der Waals surface area (Å²) in [6.45, 7) is 5.02. The fourth-order valence-corrected chi connectivity index (χ4v) is 4.37. The largest absolute Gasteiger partial charge is 0.493 e. The molecule has 23 heavy (non-hydrogen) atoms. The van der Waals surface area contributed by atoms with Crippen LogP contribution in [-0.2, 0) is 10.0 Å². The minimum atomic E-state index is -3.54. The number of piperidine rings is 1. The lowest BCUT2D eigenvalue weighted by Crippen LogP contribution is -2.45. The van der Waals surface area contributed by atoms with Crippen molar-refractivity contribution in [3.8, 4) is 11.5 Å². The van der Waals surface area contributed by atoms with Crippen molar-refractivity contribution in [2.45, 2.75) is 30.7 Å². The molecular weight excluding hydrogens is 316 g/mol. The first kappa shape index (κ1) is 18.0. The van der Waals surface area contributed by atoms with Crippen LogP contribution >= 0.6 is 0 Å². The van der Waals surface area contributed by atoms with E-state index < -0.39 is 10.0 Å². The molecule has 1 fully saturated rings. The van der Waals surface area contributed by atoms with Gasteiger partial charge in [0.2, 0.25) is 10.0 Å². The molecule has 0 aliphatic carbocycles. The number of nitrogens with zero attached hydrogens (tertiary/aromatic N) is 2. The lowest BCUT2D eigenvalue weighted by molar-refractivity contribution is 0.176. The normalized spacial score (nSPS) is 17.4. The van der Waals surface area contributed by atoms with Gasteiger partial charge in [0.15, 0.2) is 11.5 Å². The summed E-state index contributed by atoms with van der Waals surface area (Å²) in [5, 5.41) is 0. The van der Waals surface area contributed by atoms with Gasteiger partial charge in [0.25, 0.3) is 0 Å². The third-order valence-corrected chi connectivity index (χ3v) is 6.46. The molecule has 1 aromatic rings. The third-order valence-electron chi connectivity index (χ3n) is 4.55. The van der Waals surface area contributed by atoms with Gasteiger partial charge in [0.1, 0.15) is 0 Å². The van der Waals surface area contributed by atoms with Crippen LogP contribution in [0.15, 0.2) is 23.1 Å². The summed E-state index contributed by atoms with van der Waals surface area (Å²) in [7, 11) is 1.15. The highest BCUT2D eigenvalue weighted by molar-refractivity contribution is 7.89. The maximum Gasteiger partial charge on any atom is 0.243 e. The molecule has 0 aromatic heterocycles. The second kappa shape index (κ2) is 7.51. The van der Waals surface area contributed by atoms with Crippen molar-refractivity contribution in [2.24, 2.45) is 0 Å². The number of hydrogen-bond donors (Lipinski definition) is 0. The highest BCUT2D eigenvalue weighted by atomic mass is 32.2. The summed E-state index contributed by atoms with van der Waals surface area (Å²) < 4.78 is 37.6. The number of methoxy groups -OCH3 is 2. The van der Waals surface area contributed by atoms with Gasteiger partial charge in [-0.1, -0.05) is 6.92 Å². The smallest absolute Gasteiger partial charge is 0.243 e. The predicted octanol–water partition coefficient (Wildman–Crippen LogP) is 1.81. The average molecular weight is 342 g/mol. The fourth-order valence-electron chi connectivity index (χ4n) is 2.94. The lowest BCUT2D eigenvalue weighted by atomic mass is 10.1. The number of hydrogen-bond acceptors (Lipinski definition) is 5. The Labute approximate surface area is 139 Å². The van der Waals surface area contributed by atoms with Crippen molar-refractivity contribution in [3.63, 3.8) is 0 Å². The van der Waals surface area contributed by atoms with Gasteiger partial charge in [0, 0.05) is 19.2 Å². The average Bonchev–Trinajstić information content (AvgIpc) is 2.60. The second-order valence-corrected chi connectivity index (χ2v) is 7.70. The molecule has 1 saturated heterocycles. The maximum atomic E-state index is 12.9. The summed E-state index contributed by atoms with van der Waals surface area (Å²) in [5.41, 5.74) is 0. The SMILES string of the molecule is CCN1CCC(N(C)S(=O)(=O)c2ccc(OC)c(OC)c2)CC1. The van der Waals surface area contributed by atoms with Crippen LogP contribution < -0.4 is 9.47 Å². The zero-order chi connectivity index (χ0) is 17.0. The molecule has 0 saturated carbocycles. The zero-order valence-corrected chi connectivity index (χ0v) is 15.1. The molecule has 0 unspecified atom stereocenters. The molecule has 2 rings (SSSR count). The molecule has 0 amide bonds. The first-order valence-corrected chi connectivity index (χ1v) is 9.30. The molecule has 0 bridgehead atoms. The van der Waals surface area contributed by atoms with Crippen LogP contribution in [0.4, 0.5) is 0 Å². The van der Waals surface area contributed by atoms with Crippen LogP contribution in [-0.4, -0.2) is 64.6 Å². The molecule has 1 aliphatic rings. The summed E-state index contributed by atoms with van der Waals surface area (Å²) in [5.74, 6) is 0.938. The summed E-state index contributed by atoms with van der Waals surface area (Å²) in [4.78, 5) is 2.57. The number of likely N-dealkylation sites (tertiary alicyclic amines) is 1. The van der Waals surface area contributed by atoms with Crippen molar-refractivity contribution in [1.82, 2.24) is 9.21 Å². The van der Waals surface area contributed by atoms with Crippen molar-refractivity contribution in [3.05, 3.63) is 18.2 Å². The Bertz CT molecular complexity index is 625. The van der Waals surface area contributed by atoms with Crippen LogP contribution in [0, 0.1) is 0 Å². The lowest BCUT2D eigenvalue weighted by Gasteiger charge is -2.35. The Morgan fingerprint density at radius 2 is 1.78 bits per heavy atom. The van der Waals surface area contributed by atoms with Crippen LogP contribution in [0.1, 0.15) is 19.8 Å².